The minimum Gasteiger partial charge on any atom is -0.483 e. The summed E-state index contributed by atoms with van der Waals surface area (Å²) in [5.41, 5.74) is 1.91. The highest BCUT2D eigenvalue weighted by molar-refractivity contribution is 5.88. The molecule has 9 heteroatoms. The number of aliphatic carboxylic acids is 1. The smallest absolute Gasteiger partial charge is 0.339 e. The Morgan fingerprint density at radius 3 is 2.33 bits per heavy atom. The molecular formula is C21H26N2O7. The van der Waals surface area contributed by atoms with Crippen LogP contribution in [0.4, 0.5) is 0 Å². The van der Waals surface area contributed by atoms with Crippen LogP contribution in [0.2, 0.25) is 0 Å². The number of ether oxygens (including phenoxy) is 1. The number of amides is 2. The molecule has 0 bridgehead atoms. The second-order valence-electron chi connectivity index (χ2n) is 7.40. The molecule has 1 aromatic carbocycles. The molecule has 0 fully saturated rings. The van der Waals surface area contributed by atoms with E-state index in [4.69, 9.17) is 14.3 Å². The van der Waals surface area contributed by atoms with Gasteiger partial charge in [0.05, 0.1) is 6.54 Å². The number of nitrogens with one attached hydrogen (secondary N) is 2. The Balaban J connectivity index is 1.98. The van der Waals surface area contributed by atoms with Crippen LogP contribution in [0.3, 0.4) is 0 Å². The predicted molar refractivity (Wildman–Crippen MR) is 110 cm³/mol. The minimum absolute atomic E-state index is 0.297. The average molecular weight is 418 g/mol. The molecule has 2 aromatic rings. The third-order valence-electron chi connectivity index (χ3n) is 4.88. The van der Waals surface area contributed by atoms with Crippen molar-refractivity contribution in [3.8, 4) is 5.75 Å². The number of carboxylic acid groups (broad SMARTS) is 1. The molecule has 0 aliphatic carbocycles. The van der Waals surface area contributed by atoms with E-state index in [0.29, 0.717) is 22.5 Å². The number of hydrogen-bond donors (Lipinski definition) is 3. The van der Waals surface area contributed by atoms with Crippen LogP contribution in [0.15, 0.2) is 21.3 Å². The van der Waals surface area contributed by atoms with Gasteiger partial charge in [-0.15, -0.1) is 0 Å². The van der Waals surface area contributed by atoms with E-state index in [9.17, 15) is 19.2 Å². The summed E-state index contributed by atoms with van der Waals surface area (Å²) in [5, 5.41) is 14.6. The first-order valence-corrected chi connectivity index (χ1v) is 9.48. The zero-order chi connectivity index (χ0) is 22.6. The predicted octanol–water partition coefficient (Wildman–Crippen LogP) is 1.44. The van der Waals surface area contributed by atoms with Crippen molar-refractivity contribution in [2.24, 2.45) is 5.92 Å². The fourth-order valence-corrected chi connectivity index (χ4v) is 2.89. The van der Waals surface area contributed by atoms with Gasteiger partial charge in [-0.2, -0.15) is 0 Å². The van der Waals surface area contributed by atoms with E-state index in [2.05, 4.69) is 10.6 Å². The van der Waals surface area contributed by atoms with Crippen molar-refractivity contribution < 1.29 is 28.6 Å². The molecule has 1 heterocycles. The first-order valence-electron chi connectivity index (χ1n) is 9.48. The van der Waals surface area contributed by atoms with E-state index in [0.717, 1.165) is 10.9 Å². The topological polar surface area (TPSA) is 135 Å². The van der Waals surface area contributed by atoms with Crippen molar-refractivity contribution in [2.45, 2.75) is 40.7 Å². The number of carbonyl (C=O) groups is 3. The Hall–Kier alpha value is -3.36. The molecule has 30 heavy (non-hydrogen) atoms. The number of rotatable bonds is 8. The van der Waals surface area contributed by atoms with Crippen LogP contribution in [-0.2, 0) is 14.4 Å². The lowest BCUT2D eigenvalue weighted by Gasteiger charge is -2.18. The first-order chi connectivity index (χ1) is 14.0. The van der Waals surface area contributed by atoms with Gasteiger partial charge in [-0.3, -0.25) is 9.59 Å². The molecule has 9 nitrogen and oxygen atoms in total. The minimum atomic E-state index is -1.14. The summed E-state index contributed by atoms with van der Waals surface area (Å²) >= 11 is 0. The van der Waals surface area contributed by atoms with Crippen LogP contribution in [0.1, 0.15) is 30.5 Å². The standard InChI is InChI=1S/C21H26N2O7/c1-10(2)18(20(26)27)23-16(24)8-22-17(25)9-29-15-7-6-14-11(3)12(4)21(28)30-19(14)13(15)5/h6-7,10,18H,8-9H2,1-5H3,(H,22,25)(H,23,24)(H,26,27)/t18-/m1/s1. The lowest BCUT2D eigenvalue weighted by atomic mass is 10.0. The van der Waals surface area contributed by atoms with Crippen molar-refractivity contribution >= 4 is 28.8 Å². The third kappa shape index (κ3) is 5.16. The van der Waals surface area contributed by atoms with Gasteiger partial charge >= 0.3 is 11.6 Å². The summed E-state index contributed by atoms with van der Waals surface area (Å²) in [6.07, 6.45) is 0. The van der Waals surface area contributed by atoms with Crippen molar-refractivity contribution in [2.75, 3.05) is 13.2 Å². The number of fused-ring (bicyclic) bond motifs is 1. The molecule has 3 N–H and O–H groups in total. The molecule has 0 aliphatic heterocycles. The molecule has 0 aliphatic rings. The molecule has 0 radical (unpaired) electrons. The largest absolute Gasteiger partial charge is 0.483 e. The van der Waals surface area contributed by atoms with Gasteiger partial charge in [0, 0.05) is 16.5 Å². The summed E-state index contributed by atoms with van der Waals surface area (Å²) in [6, 6.07) is 2.41. The summed E-state index contributed by atoms with van der Waals surface area (Å²) < 4.78 is 10.9. The number of carbonyl (C=O) groups excluding carboxylic acids is 2. The average Bonchev–Trinajstić information content (AvgIpc) is 2.68. The second-order valence-corrected chi connectivity index (χ2v) is 7.40. The maximum Gasteiger partial charge on any atom is 0.339 e. The van der Waals surface area contributed by atoms with E-state index in [1.54, 1.807) is 39.8 Å². The van der Waals surface area contributed by atoms with E-state index >= 15 is 0 Å². The zero-order valence-corrected chi connectivity index (χ0v) is 17.6. The molecule has 1 aromatic heterocycles. The van der Waals surface area contributed by atoms with Crippen molar-refractivity contribution in [3.05, 3.63) is 39.2 Å². The zero-order valence-electron chi connectivity index (χ0n) is 17.6. The highest BCUT2D eigenvalue weighted by atomic mass is 16.5. The van der Waals surface area contributed by atoms with Gasteiger partial charge < -0.3 is 24.9 Å². The Bertz CT molecular complexity index is 1040. The third-order valence-corrected chi connectivity index (χ3v) is 4.88. The molecule has 0 saturated carbocycles. The van der Waals surface area contributed by atoms with Crippen molar-refractivity contribution in [1.29, 1.82) is 0 Å². The fourth-order valence-electron chi connectivity index (χ4n) is 2.89. The highest BCUT2D eigenvalue weighted by Crippen LogP contribution is 2.29. The summed E-state index contributed by atoms with van der Waals surface area (Å²) in [6.45, 7) is 7.86. The maximum absolute atomic E-state index is 12.0. The normalized spacial score (nSPS) is 11.9. The lowest BCUT2D eigenvalue weighted by Crippen LogP contribution is -2.48. The second kappa shape index (κ2) is 9.43. The molecule has 0 spiro atoms. The van der Waals surface area contributed by atoms with Crippen LogP contribution in [0, 0.1) is 26.7 Å². The molecule has 0 unspecified atom stereocenters. The Labute approximate surface area is 173 Å². The highest BCUT2D eigenvalue weighted by Gasteiger charge is 2.23. The van der Waals surface area contributed by atoms with Crippen LogP contribution in [0.5, 0.6) is 5.75 Å². The van der Waals surface area contributed by atoms with E-state index in [1.807, 2.05) is 6.92 Å². The number of carboxylic acids is 1. The number of hydrogen-bond acceptors (Lipinski definition) is 6. The fraction of sp³-hybridized carbons (Fsp3) is 0.429. The van der Waals surface area contributed by atoms with Crippen LogP contribution < -0.4 is 21.0 Å². The van der Waals surface area contributed by atoms with Gasteiger partial charge in [0.25, 0.3) is 5.91 Å². The number of benzene rings is 1. The maximum atomic E-state index is 12.0. The SMILES string of the molecule is Cc1c(C)c2ccc(OCC(=O)NCC(=O)N[C@@H](C(=O)O)C(C)C)c(C)c2oc1=O. The Morgan fingerprint density at radius 2 is 1.73 bits per heavy atom. The molecule has 2 rings (SSSR count). The first kappa shape index (κ1) is 22.9. The molecule has 0 saturated heterocycles. The van der Waals surface area contributed by atoms with Crippen molar-refractivity contribution in [3.63, 3.8) is 0 Å². The molecule has 2 amide bonds. The Morgan fingerprint density at radius 1 is 1.07 bits per heavy atom. The molecule has 1 atom stereocenters. The van der Waals surface area contributed by atoms with Gasteiger partial charge in [-0.05, 0) is 44.4 Å². The Kier molecular flexibility index (Phi) is 7.20. The van der Waals surface area contributed by atoms with Gasteiger partial charge in [-0.1, -0.05) is 13.8 Å². The molecule has 162 valence electrons. The van der Waals surface area contributed by atoms with Crippen LogP contribution >= 0.6 is 0 Å². The van der Waals surface area contributed by atoms with Crippen LogP contribution in [0.25, 0.3) is 11.0 Å². The van der Waals surface area contributed by atoms with E-state index in [-0.39, 0.29) is 19.1 Å². The summed E-state index contributed by atoms with van der Waals surface area (Å²) in [4.78, 5) is 46.9. The summed E-state index contributed by atoms with van der Waals surface area (Å²) in [5.74, 6) is -2.23. The van der Waals surface area contributed by atoms with Gasteiger partial charge in [0.15, 0.2) is 6.61 Å². The quantitative estimate of drug-likeness (QED) is 0.552. The van der Waals surface area contributed by atoms with Gasteiger partial charge in [0.1, 0.15) is 17.4 Å². The van der Waals surface area contributed by atoms with Gasteiger partial charge in [-0.25, -0.2) is 9.59 Å². The van der Waals surface area contributed by atoms with E-state index < -0.39 is 29.5 Å². The monoisotopic (exact) mass is 418 g/mol. The van der Waals surface area contributed by atoms with Crippen LogP contribution in [-0.4, -0.2) is 42.1 Å². The van der Waals surface area contributed by atoms with Crippen molar-refractivity contribution in [1.82, 2.24) is 10.6 Å². The number of aryl methyl sites for hydroxylation is 2. The summed E-state index contributed by atoms with van der Waals surface area (Å²) in [7, 11) is 0. The van der Waals surface area contributed by atoms with E-state index in [1.165, 1.54) is 0 Å². The van der Waals surface area contributed by atoms with Gasteiger partial charge in [0.2, 0.25) is 5.91 Å². The lowest BCUT2D eigenvalue weighted by molar-refractivity contribution is -0.143. The molecular weight excluding hydrogens is 392 g/mol.